The van der Waals surface area contributed by atoms with Gasteiger partial charge in [0.15, 0.2) is 0 Å². The molecule has 0 aliphatic heterocycles. The molecule has 0 saturated heterocycles. The van der Waals surface area contributed by atoms with Crippen molar-refractivity contribution < 1.29 is 23.6 Å². The molecule has 0 unspecified atom stereocenters. The Bertz CT molecular complexity index is 719. The Hall–Kier alpha value is -1.11. The zero-order chi connectivity index (χ0) is 25.1. The number of hydrogen-bond acceptors (Lipinski definition) is 7. The van der Waals surface area contributed by atoms with Gasteiger partial charge in [0.2, 0.25) is 5.55 Å². The second-order valence-electron chi connectivity index (χ2n) is 8.15. The summed E-state index contributed by atoms with van der Waals surface area (Å²) in [5.41, 5.74) is -1.99. The Morgan fingerprint density at radius 3 is 2.00 bits per heavy atom. The smallest absolute Gasteiger partial charge is 0.411 e. The van der Waals surface area contributed by atoms with Crippen LogP contribution in [-0.4, -0.2) is 47.9 Å². The maximum Gasteiger partial charge on any atom is 0.411 e. The predicted molar refractivity (Wildman–Crippen MR) is 146 cm³/mol. The van der Waals surface area contributed by atoms with Crippen molar-refractivity contribution in [1.29, 1.82) is 0 Å². The molecular formula is C25H42NO5PS2. The molecule has 0 aromatic heterocycles. The van der Waals surface area contributed by atoms with Crippen LogP contribution in [0.4, 0.5) is 4.79 Å². The van der Waals surface area contributed by atoms with Crippen LogP contribution in [0.25, 0.3) is 0 Å². The van der Waals surface area contributed by atoms with Gasteiger partial charge in [-0.1, -0.05) is 106 Å². The third-order valence-corrected chi connectivity index (χ3v) is 13.4. The summed E-state index contributed by atoms with van der Waals surface area (Å²) in [6.07, 6.45) is 7.36. The minimum Gasteiger partial charge on any atom is -0.464 e. The molecule has 1 amide bonds. The Labute approximate surface area is 214 Å². The van der Waals surface area contributed by atoms with E-state index < -0.39 is 17.6 Å². The topological polar surface area (TPSA) is 72.9 Å². The van der Waals surface area contributed by atoms with Crippen LogP contribution < -0.4 is 0 Å². The lowest BCUT2D eigenvalue weighted by atomic mass is 10.2. The fourth-order valence-corrected chi connectivity index (χ4v) is 11.1. The number of hydrogen-bond donors (Lipinski definition) is 0. The standard InChI is InChI=1S/C25H42NO5PS2/c1-4-7-13-18-33-32(29,34-19-14-8-5-2)22-26(20-24(27)30-17-9-6-3)25(28)31-21-23-15-11-10-12-16-23/h10-12,15-16H,4-9,13-14,17-22H2,1-3H3. The van der Waals surface area contributed by atoms with Crippen molar-refractivity contribution in [2.24, 2.45) is 0 Å². The summed E-state index contributed by atoms with van der Waals surface area (Å²) in [5.74, 6) is 1.06. The number of benzene rings is 1. The number of ether oxygens (including phenoxy) is 2. The normalized spacial score (nSPS) is 11.3. The third-order valence-electron chi connectivity index (χ3n) is 4.96. The van der Waals surface area contributed by atoms with Gasteiger partial charge in [-0.25, -0.2) is 4.79 Å². The second-order valence-corrected chi connectivity index (χ2v) is 16.8. The lowest BCUT2D eigenvalue weighted by Gasteiger charge is -2.26. The SMILES string of the molecule is CCCCCSP(=O)(CN(CC(=O)OCCCC)C(=O)OCc1ccccc1)SCCCCC. The maximum atomic E-state index is 13.9. The first kappa shape index (κ1) is 30.9. The molecule has 194 valence electrons. The van der Waals surface area contributed by atoms with Crippen molar-refractivity contribution in [3.8, 4) is 0 Å². The number of carbonyl (C=O) groups is 2. The Balaban J connectivity index is 2.89. The van der Waals surface area contributed by atoms with Gasteiger partial charge in [-0.15, -0.1) is 0 Å². The van der Waals surface area contributed by atoms with Crippen LogP contribution in [0.3, 0.4) is 0 Å². The summed E-state index contributed by atoms with van der Waals surface area (Å²) in [7, 11) is 0. The predicted octanol–water partition coefficient (Wildman–Crippen LogP) is 7.97. The Morgan fingerprint density at radius 1 is 0.853 bits per heavy atom. The summed E-state index contributed by atoms with van der Waals surface area (Å²) >= 11 is 2.90. The molecule has 0 aliphatic rings. The molecule has 1 rings (SSSR count). The summed E-state index contributed by atoms with van der Waals surface area (Å²) in [6.45, 7) is 6.45. The number of esters is 1. The van der Waals surface area contributed by atoms with Gasteiger partial charge in [0.05, 0.1) is 12.9 Å². The van der Waals surface area contributed by atoms with E-state index in [0.29, 0.717) is 6.61 Å². The number of rotatable bonds is 19. The van der Waals surface area contributed by atoms with Crippen LogP contribution in [0.1, 0.15) is 77.7 Å². The highest BCUT2D eigenvalue weighted by atomic mass is 33.1. The molecule has 9 heteroatoms. The minimum absolute atomic E-state index is 0.00289. The number of nitrogens with zero attached hydrogens (tertiary/aromatic N) is 1. The lowest BCUT2D eigenvalue weighted by Crippen LogP contribution is -2.37. The van der Waals surface area contributed by atoms with Gasteiger partial charge in [0.25, 0.3) is 0 Å². The molecule has 0 bridgehead atoms. The highest BCUT2D eigenvalue weighted by Gasteiger charge is 2.31. The van der Waals surface area contributed by atoms with E-state index in [1.807, 2.05) is 37.3 Å². The van der Waals surface area contributed by atoms with Crippen LogP contribution in [0.2, 0.25) is 0 Å². The highest BCUT2D eigenvalue weighted by molar-refractivity contribution is 8.90. The van der Waals surface area contributed by atoms with E-state index in [-0.39, 0.29) is 19.4 Å². The van der Waals surface area contributed by atoms with Crippen LogP contribution in [0.5, 0.6) is 0 Å². The summed E-state index contributed by atoms with van der Waals surface area (Å²) < 4.78 is 24.7. The van der Waals surface area contributed by atoms with E-state index >= 15 is 0 Å². The van der Waals surface area contributed by atoms with Crippen molar-refractivity contribution in [2.45, 2.75) is 78.7 Å². The van der Waals surface area contributed by atoms with Gasteiger partial charge in [-0.05, 0) is 24.8 Å². The van der Waals surface area contributed by atoms with Gasteiger partial charge in [-0.2, -0.15) is 0 Å². The van der Waals surface area contributed by atoms with Crippen molar-refractivity contribution in [1.82, 2.24) is 4.90 Å². The molecule has 0 spiro atoms. The number of amides is 1. The molecule has 0 saturated carbocycles. The van der Waals surface area contributed by atoms with Gasteiger partial charge in [-0.3, -0.25) is 14.3 Å². The van der Waals surface area contributed by atoms with E-state index in [1.54, 1.807) is 0 Å². The first-order chi connectivity index (χ1) is 16.4. The van der Waals surface area contributed by atoms with Crippen molar-refractivity contribution in [3.05, 3.63) is 35.9 Å². The van der Waals surface area contributed by atoms with Crippen LogP contribution in [0.15, 0.2) is 30.3 Å². The van der Waals surface area contributed by atoms with Crippen molar-refractivity contribution >= 4 is 40.4 Å². The van der Waals surface area contributed by atoms with Gasteiger partial charge >= 0.3 is 12.1 Å². The summed E-state index contributed by atoms with van der Waals surface area (Å²) in [6, 6.07) is 9.38. The largest absolute Gasteiger partial charge is 0.464 e. The fourth-order valence-electron chi connectivity index (χ4n) is 2.95. The van der Waals surface area contributed by atoms with Gasteiger partial charge < -0.3 is 9.47 Å². The third kappa shape index (κ3) is 14.3. The quantitative estimate of drug-likeness (QED) is 0.102. The Morgan fingerprint density at radius 2 is 1.44 bits per heavy atom. The minimum atomic E-state index is -2.84. The molecular weight excluding hydrogens is 489 g/mol. The van der Waals surface area contributed by atoms with Crippen LogP contribution in [0, 0.1) is 0 Å². The fraction of sp³-hybridized carbons (Fsp3) is 0.680. The Kier molecular flexibility index (Phi) is 17.4. The van der Waals surface area contributed by atoms with E-state index in [2.05, 4.69) is 13.8 Å². The molecule has 34 heavy (non-hydrogen) atoms. The summed E-state index contributed by atoms with van der Waals surface area (Å²) in [4.78, 5) is 26.7. The van der Waals surface area contributed by atoms with E-state index in [1.165, 1.54) is 27.7 Å². The lowest BCUT2D eigenvalue weighted by molar-refractivity contribution is -0.144. The average Bonchev–Trinajstić information content (AvgIpc) is 2.83. The molecule has 0 heterocycles. The molecule has 1 aromatic carbocycles. The first-order valence-electron chi connectivity index (χ1n) is 12.4. The average molecular weight is 532 g/mol. The highest BCUT2D eigenvalue weighted by Crippen LogP contribution is 2.69. The first-order valence-corrected chi connectivity index (χ1v) is 17.5. The molecule has 0 aliphatic carbocycles. The van der Waals surface area contributed by atoms with E-state index in [4.69, 9.17) is 9.47 Å². The van der Waals surface area contributed by atoms with Crippen molar-refractivity contribution in [2.75, 3.05) is 30.9 Å². The van der Waals surface area contributed by atoms with Gasteiger partial charge in [0, 0.05) is 11.5 Å². The molecule has 0 atom stereocenters. The molecule has 6 nitrogen and oxygen atoms in total. The maximum absolute atomic E-state index is 13.9. The number of unbranched alkanes of at least 4 members (excludes halogenated alkanes) is 5. The van der Waals surface area contributed by atoms with Crippen molar-refractivity contribution in [3.63, 3.8) is 0 Å². The zero-order valence-electron chi connectivity index (χ0n) is 21.0. The molecule has 0 N–H and O–H groups in total. The van der Waals surface area contributed by atoms with Gasteiger partial charge in [0.1, 0.15) is 13.2 Å². The summed E-state index contributed by atoms with van der Waals surface area (Å²) in [5, 5.41) is 0. The van der Waals surface area contributed by atoms with E-state index in [9.17, 15) is 14.2 Å². The van der Waals surface area contributed by atoms with Crippen LogP contribution in [-0.2, 0) is 25.4 Å². The molecule has 0 fully saturated rings. The monoisotopic (exact) mass is 531 g/mol. The zero-order valence-corrected chi connectivity index (χ0v) is 23.6. The second kappa shape index (κ2) is 19.1. The van der Waals surface area contributed by atoms with Crippen LogP contribution >= 0.6 is 28.3 Å². The number of carbonyl (C=O) groups excluding carboxylic acids is 2. The molecule has 0 radical (unpaired) electrons. The van der Waals surface area contributed by atoms with E-state index in [0.717, 1.165) is 68.4 Å². The molecule has 1 aromatic rings.